The molecule has 0 spiro atoms. The van der Waals surface area contributed by atoms with E-state index in [1.165, 1.54) is 0 Å². The highest BCUT2D eigenvalue weighted by Gasteiger charge is 2.12. The first-order valence-electron chi connectivity index (χ1n) is 6.61. The molecule has 0 atom stereocenters. The molecule has 1 N–H and O–H groups in total. The quantitative estimate of drug-likeness (QED) is 0.784. The van der Waals surface area contributed by atoms with Gasteiger partial charge < -0.3 is 14.5 Å². The van der Waals surface area contributed by atoms with Crippen LogP contribution in [-0.2, 0) is 6.42 Å². The molecule has 5 nitrogen and oxygen atoms in total. The number of methoxy groups -OCH3 is 2. The van der Waals surface area contributed by atoms with E-state index in [1.807, 2.05) is 28.7 Å². The molecule has 2 rings (SSSR count). The van der Waals surface area contributed by atoms with Gasteiger partial charge in [0.25, 0.3) is 5.56 Å². The molecule has 0 saturated carbocycles. The molecule has 0 bridgehead atoms. The normalized spacial score (nSPS) is 10.5. The van der Waals surface area contributed by atoms with Crippen molar-refractivity contribution in [1.82, 2.24) is 9.97 Å². The van der Waals surface area contributed by atoms with E-state index < -0.39 is 0 Å². The second-order valence-corrected chi connectivity index (χ2v) is 5.57. The third kappa shape index (κ3) is 3.37. The molecule has 0 aliphatic rings. The summed E-state index contributed by atoms with van der Waals surface area (Å²) in [4.78, 5) is 19.4. The Kier molecular flexibility index (Phi) is 5.22. The van der Waals surface area contributed by atoms with Crippen LogP contribution in [0.4, 0.5) is 0 Å². The highest BCUT2D eigenvalue weighted by atomic mass is 127. The highest BCUT2D eigenvalue weighted by Crippen LogP contribution is 2.30. The van der Waals surface area contributed by atoms with Crippen molar-refractivity contribution in [1.29, 1.82) is 0 Å². The summed E-state index contributed by atoms with van der Waals surface area (Å²) in [6.45, 7) is 2.06. The predicted octanol–water partition coefficient (Wildman–Crippen LogP) is 3.01. The van der Waals surface area contributed by atoms with Gasteiger partial charge in [0, 0.05) is 5.56 Å². The van der Waals surface area contributed by atoms with Crippen molar-refractivity contribution < 1.29 is 9.47 Å². The van der Waals surface area contributed by atoms with Crippen LogP contribution in [0, 0.1) is 3.57 Å². The summed E-state index contributed by atoms with van der Waals surface area (Å²) in [5.74, 6) is 1.79. The van der Waals surface area contributed by atoms with Gasteiger partial charge in [0.05, 0.1) is 23.5 Å². The lowest BCUT2D eigenvalue weighted by molar-refractivity contribution is 0.355. The van der Waals surface area contributed by atoms with E-state index in [0.717, 1.165) is 24.1 Å². The van der Waals surface area contributed by atoms with Gasteiger partial charge in [-0.25, -0.2) is 4.98 Å². The molecule has 21 heavy (non-hydrogen) atoms. The van der Waals surface area contributed by atoms with Crippen LogP contribution in [0.1, 0.15) is 19.0 Å². The number of benzene rings is 1. The first kappa shape index (κ1) is 15.8. The summed E-state index contributed by atoms with van der Waals surface area (Å²) in [5, 5.41) is 0. The van der Waals surface area contributed by atoms with E-state index in [1.54, 1.807) is 26.4 Å². The standard InChI is InChI=1S/C15H17IN2O3/c1-4-5-10-13(16)15(19)18-14(17-10)9-6-7-11(20-2)12(8-9)21-3/h6-8H,4-5H2,1-3H3,(H,17,18,19). The van der Waals surface area contributed by atoms with Crippen LogP contribution >= 0.6 is 22.6 Å². The highest BCUT2D eigenvalue weighted by molar-refractivity contribution is 14.1. The largest absolute Gasteiger partial charge is 0.493 e. The number of aromatic nitrogens is 2. The molecule has 112 valence electrons. The zero-order valence-corrected chi connectivity index (χ0v) is 14.4. The number of nitrogens with zero attached hydrogens (tertiary/aromatic N) is 1. The fraction of sp³-hybridized carbons (Fsp3) is 0.333. The minimum atomic E-state index is -0.112. The first-order valence-corrected chi connectivity index (χ1v) is 7.69. The summed E-state index contributed by atoms with van der Waals surface area (Å²) in [5.41, 5.74) is 1.50. The summed E-state index contributed by atoms with van der Waals surface area (Å²) in [7, 11) is 3.16. The van der Waals surface area contributed by atoms with Crippen LogP contribution in [0.15, 0.2) is 23.0 Å². The van der Waals surface area contributed by atoms with Crippen molar-refractivity contribution in [3.05, 3.63) is 37.8 Å². The SMILES string of the molecule is CCCc1nc(-c2ccc(OC)c(OC)c2)[nH]c(=O)c1I. The van der Waals surface area contributed by atoms with Gasteiger partial charge in [-0.1, -0.05) is 13.3 Å². The monoisotopic (exact) mass is 400 g/mol. The van der Waals surface area contributed by atoms with Gasteiger partial charge in [-0.05, 0) is 47.2 Å². The molecule has 0 radical (unpaired) electrons. The van der Waals surface area contributed by atoms with E-state index in [2.05, 4.69) is 16.9 Å². The molecule has 1 aromatic heterocycles. The number of H-pyrrole nitrogens is 1. The molecule has 0 saturated heterocycles. The summed E-state index contributed by atoms with van der Waals surface area (Å²) < 4.78 is 11.1. The lowest BCUT2D eigenvalue weighted by atomic mass is 10.1. The van der Waals surface area contributed by atoms with Gasteiger partial charge in [0.2, 0.25) is 0 Å². The Morgan fingerprint density at radius 1 is 1.24 bits per heavy atom. The number of aryl methyl sites for hydroxylation is 1. The van der Waals surface area contributed by atoms with Crippen LogP contribution in [-0.4, -0.2) is 24.2 Å². The van der Waals surface area contributed by atoms with Crippen molar-refractivity contribution in [2.24, 2.45) is 0 Å². The third-order valence-electron chi connectivity index (χ3n) is 3.08. The van der Waals surface area contributed by atoms with Gasteiger partial charge >= 0.3 is 0 Å². The minimum Gasteiger partial charge on any atom is -0.493 e. The van der Waals surface area contributed by atoms with E-state index in [4.69, 9.17) is 9.47 Å². The zero-order valence-electron chi connectivity index (χ0n) is 12.2. The van der Waals surface area contributed by atoms with Crippen LogP contribution in [0.3, 0.4) is 0 Å². The van der Waals surface area contributed by atoms with Gasteiger partial charge in [-0.3, -0.25) is 4.79 Å². The molecule has 0 amide bonds. The van der Waals surface area contributed by atoms with Crippen LogP contribution in [0.2, 0.25) is 0 Å². The van der Waals surface area contributed by atoms with Crippen LogP contribution in [0.5, 0.6) is 11.5 Å². The van der Waals surface area contributed by atoms with Gasteiger partial charge in [-0.15, -0.1) is 0 Å². The molecule has 6 heteroatoms. The zero-order chi connectivity index (χ0) is 15.4. The summed E-state index contributed by atoms with van der Waals surface area (Å²) in [6.07, 6.45) is 1.72. The predicted molar refractivity (Wildman–Crippen MR) is 90.1 cm³/mol. The van der Waals surface area contributed by atoms with Crippen molar-refractivity contribution in [3.63, 3.8) is 0 Å². The lowest BCUT2D eigenvalue weighted by Gasteiger charge is -2.10. The second kappa shape index (κ2) is 6.93. The van der Waals surface area contributed by atoms with Crippen LogP contribution < -0.4 is 15.0 Å². The number of hydrogen-bond acceptors (Lipinski definition) is 4. The maximum absolute atomic E-state index is 12.0. The van der Waals surface area contributed by atoms with Crippen molar-refractivity contribution >= 4 is 22.6 Å². The van der Waals surface area contributed by atoms with Crippen molar-refractivity contribution in [3.8, 4) is 22.9 Å². The number of aromatic amines is 1. The van der Waals surface area contributed by atoms with Gasteiger partial charge in [0.15, 0.2) is 11.5 Å². The maximum Gasteiger partial charge on any atom is 0.264 e. The first-order chi connectivity index (χ1) is 10.1. The van der Waals surface area contributed by atoms with E-state index in [9.17, 15) is 4.79 Å². The Morgan fingerprint density at radius 3 is 2.57 bits per heavy atom. The maximum atomic E-state index is 12.0. The minimum absolute atomic E-state index is 0.112. The van der Waals surface area contributed by atoms with Crippen molar-refractivity contribution in [2.75, 3.05) is 14.2 Å². The Balaban J connectivity index is 2.54. The summed E-state index contributed by atoms with van der Waals surface area (Å²) in [6, 6.07) is 5.45. The molecule has 1 aromatic carbocycles. The summed E-state index contributed by atoms with van der Waals surface area (Å²) >= 11 is 2.04. The number of rotatable bonds is 5. The molecule has 0 aliphatic heterocycles. The molecule has 2 aromatic rings. The fourth-order valence-corrected chi connectivity index (χ4v) is 2.55. The number of ether oxygens (including phenoxy) is 2. The van der Waals surface area contributed by atoms with E-state index >= 15 is 0 Å². The second-order valence-electron chi connectivity index (χ2n) is 4.49. The molecule has 0 fully saturated rings. The molecule has 0 unspecified atom stereocenters. The number of halogens is 1. The van der Waals surface area contributed by atoms with Crippen molar-refractivity contribution in [2.45, 2.75) is 19.8 Å². The number of nitrogens with one attached hydrogen (secondary N) is 1. The van der Waals surface area contributed by atoms with Gasteiger partial charge in [0.1, 0.15) is 5.82 Å². The van der Waals surface area contributed by atoms with E-state index in [0.29, 0.717) is 20.9 Å². The van der Waals surface area contributed by atoms with E-state index in [-0.39, 0.29) is 5.56 Å². The average Bonchev–Trinajstić information content (AvgIpc) is 2.51. The Labute approximate surface area is 136 Å². The molecule has 0 aliphatic carbocycles. The third-order valence-corrected chi connectivity index (χ3v) is 4.19. The van der Waals surface area contributed by atoms with Crippen LogP contribution in [0.25, 0.3) is 11.4 Å². The van der Waals surface area contributed by atoms with Gasteiger partial charge in [-0.2, -0.15) is 0 Å². The molecular formula is C15H17IN2O3. The lowest BCUT2D eigenvalue weighted by Crippen LogP contribution is -2.16. The Bertz CT molecular complexity index is 698. The smallest absolute Gasteiger partial charge is 0.264 e. The molecular weight excluding hydrogens is 383 g/mol. The fourth-order valence-electron chi connectivity index (χ4n) is 2.03. The Hall–Kier alpha value is -1.57. The topological polar surface area (TPSA) is 64.2 Å². The molecule has 1 heterocycles. The number of hydrogen-bond donors (Lipinski definition) is 1. The Morgan fingerprint density at radius 2 is 1.95 bits per heavy atom. The average molecular weight is 400 g/mol.